The summed E-state index contributed by atoms with van der Waals surface area (Å²) in [6.07, 6.45) is 7.79. The minimum Gasteiger partial charge on any atom is -0.390 e. The number of aliphatic hydroxyl groups excluding tert-OH is 1. The maximum absolute atomic E-state index is 10.2. The number of rotatable bonds is 8. The van der Waals surface area contributed by atoms with Gasteiger partial charge in [-0.2, -0.15) is 0 Å². The molecule has 3 heteroatoms. The molecule has 0 spiro atoms. The van der Waals surface area contributed by atoms with Crippen molar-refractivity contribution in [3.63, 3.8) is 0 Å². The van der Waals surface area contributed by atoms with Gasteiger partial charge in [0.25, 0.3) is 0 Å². The third-order valence-electron chi connectivity index (χ3n) is 4.11. The van der Waals surface area contributed by atoms with Crippen molar-refractivity contribution in [2.75, 3.05) is 19.6 Å². The minimum absolute atomic E-state index is 0.204. The van der Waals surface area contributed by atoms with Crippen LogP contribution in [-0.4, -0.2) is 47.8 Å². The lowest BCUT2D eigenvalue weighted by Crippen LogP contribution is -2.44. The molecule has 0 radical (unpaired) electrons. The van der Waals surface area contributed by atoms with Crippen molar-refractivity contribution >= 4 is 0 Å². The van der Waals surface area contributed by atoms with E-state index in [0.29, 0.717) is 12.0 Å². The van der Waals surface area contributed by atoms with Crippen molar-refractivity contribution in [2.45, 2.75) is 70.6 Å². The van der Waals surface area contributed by atoms with Crippen molar-refractivity contribution in [3.05, 3.63) is 0 Å². The van der Waals surface area contributed by atoms with Crippen LogP contribution < -0.4 is 5.32 Å². The topological polar surface area (TPSA) is 35.5 Å². The summed E-state index contributed by atoms with van der Waals surface area (Å²) in [4.78, 5) is 2.54. The fourth-order valence-electron chi connectivity index (χ4n) is 3.04. The number of nitrogens with one attached hydrogen (secondary N) is 1. The van der Waals surface area contributed by atoms with Crippen molar-refractivity contribution in [1.29, 1.82) is 0 Å². The molecule has 3 nitrogen and oxygen atoms in total. The molecule has 0 bridgehead atoms. The second-order valence-corrected chi connectivity index (χ2v) is 6.62. The van der Waals surface area contributed by atoms with E-state index in [9.17, 15) is 5.11 Å². The van der Waals surface area contributed by atoms with Crippen LogP contribution in [0.5, 0.6) is 0 Å². The Hall–Kier alpha value is -0.120. The van der Waals surface area contributed by atoms with Gasteiger partial charge in [-0.3, -0.25) is 4.90 Å². The highest BCUT2D eigenvalue weighted by Gasteiger charge is 2.26. The number of hydrogen-bond acceptors (Lipinski definition) is 3. The molecule has 0 aromatic carbocycles. The zero-order valence-electron chi connectivity index (χ0n) is 12.1. The summed E-state index contributed by atoms with van der Waals surface area (Å²) < 4.78 is 0. The maximum Gasteiger partial charge on any atom is 0.0791 e. The molecule has 2 fully saturated rings. The van der Waals surface area contributed by atoms with Crippen LogP contribution in [-0.2, 0) is 0 Å². The van der Waals surface area contributed by atoms with E-state index in [2.05, 4.69) is 24.1 Å². The number of aliphatic hydroxyl groups is 1. The summed E-state index contributed by atoms with van der Waals surface area (Å²) in [5.41, 5.74) is 0. The average Bonchev–Trinajstić information content (AvgIpc) is 2.97. The summed E-state index contributed by atoms with van der Waals surface area (Å²) in [5, 5.41) is 13.6. The fraction of sp³-hybridized carbons (Fsp3) is 1.00. The van der Waals surface area contributed by atoms with Crippen LogP contribution in [0.15, 0.2) is 0 Å². The summed E-state index contributed by atoms with van der Waals surface area (Å²) in [7, 11) is 0. The molecule has 1 unspecified atom stereocenters. The summed E-state index contributed by atoms with van der Waals surface area (Å²) in [6, 6.07) is 1.42. The molecule has 106 valence electrons. The van der Waals surface area contributed by atoms with Crippen molar-refractivity contribution in [1.82, 2.24) is 10.2 Å². The molecular weight excluding hydrogens is 224 g/mol. The fourth-order valence-corrected chi connectivity index (χ4v) is 3.04. The van der Waals surface area contributed by atoms with E-state index in [1.54, 1.807) is 0 Å². The zero-order chi connectivity index (χ0) is 13.0. The molecule has 18 heavy (non-hydrogen) atoms. The number of hydrogen-bond donors (Lipinski definition) is 2. The Morgan fingerprint density at radius 1 is 1.11 bits per heavy atom. The van der Waals surface area contributed by atoms with Crippen LogP contribution in [0.4, 0.5) is 0 Å². The van der Waals surface area contributed by atoms with Gasteiger partial charge in [0.05, 0.1) is 6.10 Å². The van der Waals surface area contributed by atoms with Crippen LogP contribution in [0.25, 0.3) is 0 Å². The molecule has 0 heterocycles. The van der Waals surface area contributed by atoms with E-state index < -0.39 is 0 Å². The van der Waals surface area contributed by atoms with E-state index in [4.69, 9.17) is 0 Å². The Labute approximate surface area is 112 Å². The summed E-state index contributed by atoms with van der Waals surface area (Å²) in [5.74, 6) is 0.689. The zero-order valence-corrected chi connectivity index (χ0v) is 12.1. The highest BCUT2D eigenvalue weighted by Crippen LogP contribution is 2.24. The summed E-state index contributed by atoms with van der Waals surface area (Å²) >= 11 is 0. The molecule has 0 aromatic heterocycles. The Morgan fingerprint density at radius 3 is 2.33 bits per heavy atom. The number of nitrogens with zero attached hydrogens (tertiary/aromatic N) is 1. The first-order chi connectivity index (χ1) is 8.65. The van der Waals surface area contributed by atoms with Gasteiger partial charge in [-0.15, -0.1) is 0 Å². The predicted molar refractivity (Wildman–Crippen MR) is 75.7 cm³/mol. The Balaban J connectivity index is 1.74. The first kappa shape index (κ1) is 14.3. The van der Waals surface area contributed by atoms with E-state index in [0.717, 1.165) is 25.7 Å². The van der Waals surface area contributed by atoms with Crippen LogP contribution in [0, 0.1) is 5.92 Å². The Morgan fingerprint density at radius 2 is 1.78 bits per heavy atom. The maximum atomic E-state index is 10.2. The molecule has 2 N–H and O–H groups in total. The molecule has 0 aromatic rings. The first-order valence-corrected chi connectivity index (χ1v) is 7.80. The Kier molecular flexibility index (Phi) is 5.46. The highest BCUT2D eigenvalue weighted by molar-refractivity contribution is 4.84. The standard InChI is InChI=1S/C15H30N2O/c1-12(2)10-17(14-5-3-4-6-14)11-15(18)9-16-13-7-8-13/h12-16,18H,3-11H2,1-2H3. The van der Waals surface area contributed by atoms with Gasteiger partial charge in [-0.25, -0.2) is 0 Å². The van der Waals surface area contributed by atoms with Gasteiger partial charge in [-0.05, 0) is 31.6 Å². The predicted octanol–water partition coefficient (Wildman–Crippen LogP) is 2.00. The van der Waals surface area contributed by atoms with Crippen LogP contribution >= 0.6 is 0 Å². The average molecular weight is 254 g/mol. The van der Waals surface area contributed by atoms with Gasteiger partial charge in [0.1, 0.15) is 0 Å². The highest BCUT2D eigenvalue weighted by atomic mass is 16.3. The second kappa shape index (κ2) is 6.88. The lowest BCUT2D eigenvalue weighted by atomic mass is 10.1. The SMILES string of the molecule is CC(C)CN(CC(O)CNC1CC1)C1CCCC1. The Bertz CT molecular complexity index is 235. The molecule has 2 saturated carbocycles. The third kappa shape index (κ3) is 4.87. The second-order valence-electron chi connectivity index (χ2n) is 6.62. The lowest BCUT2D eigenvalue weighted by Gasteiger charge is -2.32. The van der Waals surface area contributed by atoms with Crippen LogP contribution in [0.3, 0.4) is 0 Å². The van der Waals surface area contributed by atoms with E-state index in [-0.39, 0.29) is 6.10 Å². The van der Waals surface area contributed by atoms with Gasteiger partial charge >= 0.3 is 0 Å². The molecule has 2 aliphatic rings. The van der Waals surface area contributed by atoms with E-state index in [1.165, 1.54) is 38.5 Å². The molecular formula is C15H30N2O. The normalized spacial score (nSPS) is 23.2. The molecule has 2 aliphatic carbocycles. The molecule has 0 saturated heterocycles. The van der Waals surface area contributed by atoms with E-state index in [1.807, 2.05) is 0 Å². The van der Waals surface area contributed by atoms with Gasteiger partial charge in [0.2, 0.25) is 0 Å². The van der Waals surface area contributed by atoms with Crippen molar-refractivity contribution in [2.24, 2.45) is 5.92 Å². The quantitative estimate of drug-likeness (QED) is 0.695. The monoisotopic (exact) mass is 254 g/mol. The third-order valence-corrected chi connectivity index (χ3v) is 4.11. The molecule has 0 amide bonds. The smallest absolute Gasteiger partial charge is 0.0791 e. The molecule has 0 aliphatic heterocycles. The lowest BCUT2D eigenvalue weighted by molar-refractivity contribution is 0.0791. The van der Waals surface area contributed by atoms with Crippen LogP contribution in [0.1, 0.15) is 52.4 Å². The largest absolute Gasteiger partial charge is 0.390 e. The van der Waals surface area contributed by atoms with Gasteiger partial charge in [0.15, 0.2) is 0 Å². The van der Waals surface area contributed by atoms with E-state index >= 15 is 0 Å². The van der Waals surface area contributed by atoms with Gasteiger partial charge < -0.3 is 10.4 Å². The molecule has 2 rings (SSSR count). The molecule has 1 atom stereocenters. The van der Waals surface area contributed by atoms with Gasteiger partial charge in [-0.1, -0.05) is 26.7 Å². The van der Waals surface area contributed by atoms with Crippen molar-refractivity contribution < 1.29 is 5.11 Å². The first-order valence-electron chi connectivity index (χ1n) is 7.80. The summed E-state index contributed by atoms with van der Waals surface area (Å²) in [6.45, 7) is 7.30. The van der Waals surface area contributed by atoms with Gasteiger partial charge in [0, 0.05) is 31.7 Å². The van der Waals surface area contributed by atoms with Crippen LogP contribution in [0.2, 0.25) is 0 Å². The van der Waals surface area contributed by atoms with Crippen molar-refractivity contribution in [3.8, 4) is 0 Å². The minimum atomic E-state index is -0.204.